The number of nitrogens with zero attached hydrogens (tertiary/aromatic N) is 2. The van der Waals surface area contributed by atoms with Crippen LogP contribution in [-0.2, 0) is 14.3 Å². The van der Waals surface area contributed by atoms with Gasteiger partial charge in [0.15, 0.2) is 16.7 Å². The Morgan fingerprint density at radius 2 is 2.23 bits per heavy atom. The van der Waals surface area contributed by atoms with Gasteiger partial charge >= 0.3 is 5.97 Å². The first-order valence-corrected chi connectivity index (χ1v) is 9.23. The molecule has 0 saturated carbocycles. The normalized spacial score (nSPS) is 19.4. The van der Waals surface area contributed by atoms with Crippen LogP contribution in [0.1, 0.15) is 25.5 Å². The van der Waals surface area contributed by atoms with Crippen molar-refractivity contribution in [1.29, 1.82) is 0 Å². The molecule has 2 aliphatic rings. The van der Waals surface area contributed by atoms with Gasteiger partial charge in [0.25, 0.3) is 0 Å². The van der Waals surface area contributed by atoms with Crippen molar-refractivity contribution in [3.8, 4) is 11.5 Å². The number of halogens is 1. The van der Waals surface area contributed by atoms with Gasteiger partial charge in [0, 0.05) is 0 Å². The fourth-order valence-electron chi connectivity index (χ4n) is 2.93. The SMILES string of the molecule is CCOC(=O)C1=C(C)N=C2SCC(=O)N2[C@H]1c1cc(Cl)c(O)c(OC)c1. The molecule has 1 amide bonds. The number of phenolic OH excluding ortho intramolecular Hbond substituents is 1. The minimum absolute atomic E-state index is 0.0589. The number of carbonyl (C=O) groups excluding carboxylic acids is 2. The summed E-state index contributed by atoms with van der Waals surface area (Å²) in [6, 6.07) is 2.31. The van der Waals surface area contributed by atoms with Gasteiger partial charge in [-0.3, -0.25) is 9.69 Å². The highest BCUT2D eigenvalue weighted by molar-refractivity contribution is 8.15. The monoisotopic (exact) mass is 396 g/mol. The van der Waals surface area contributed by atoms with Gasteiger partial charge < -0.3 is 14.6 Å². The fourth-order valence-corrected chi connectivity index (χ4v) is 4.09. The van der Waals surface area contributed by atoms with Crippen molar-refractivity contribution in [2.24, 2.45) is 4.99 Å². The number of hydrogen-bond donors (Lipinski definition) is 1. The van der Waals surface area contributed by atoms with Gasteiger partial charge in [0.1, 0.15) is 0 Å². The molecular weight excluding hydrogens is 380 g/mol. The van der Waals surface area contributed by atoms with Gasteiger partial charge in [-0.15, -0.1) is 0 Å². The molecule has 1 aromatic carbocycles. The number of amidine groups is 1. The summed E-state index contributed by atoms with van der Waals surface area (Å²) in [5.74, 6) is -0.538. The summed E-state index contributed by atoms with van der Waals surface area (Å²) >= 11 is 7.43. The topological polar surface area (TPSA) is 88.4 Å². The predicted molar refractivity (Wildman–Crippen MR) is 98.5 cm³/mol. The fraction of sp³-hybridized carbons (Fsp3) is 0.353. The number of fused-ring (bicyclic) bond motifs is 1. The molecule has 1 fully saturated rings. The van der Waals surface area contributed by atoms with E-state index in [1.807, 2.05) is 0 Å². The maximum absolute atomic E-state index is 12.6. The average molecular weight is 397 g/mol. The van der Waals surface area contributed by atoms with Gasteiger partial charge in [-0.25, -0.2) is 9.79 Å². The van der Waals surface area contributed by atoms with E-state index in [4.69, 9.17) is 21.1 Å². The van der Waals surface area contributed by atoms with Crippen molar-refractivity contribution >= 4 is 40.4 Å². The molecular formula is C17H17ClN2O5S. The van der Waals surface area contributed by atoms with Crippen LogP contribution in [0, 0.1) is 0 Å². The van der Waals surface area contributed by atoms with Gasteiger partial charge in [0.2, 0.25) is 5.91 Å². The van der Waals surface area contributed by atoms with Crippen LogP contribution in [0.5, 0.6) is 11.5 Å². The molecule has 1 N–H and O–H groups in total. The number of carbonyl (C=O) groups is 2. The third-order valence-electron chi connectivity index (χ3n) is 4.07. The molecule has 3 rings (SSSR count). The Hall–Kier alpha value is -2.19. The molecule has 1 atom stereocenters. The molecule has 0 bridgehead atoms. The van der Waals surface area contributed by atoms with Crippen LogP contribution in [0.4, 0.5) is 0 Å². The first-order chi connectivity index (χ1) is 12.4. The molecule has 0 spiro atoms. The van der Waals surface area contributed by atoms with Gasteiger partial charge in [-0.2, -0.15) is 0 Å². The lowest BCUT2D eigenvalue weighted by Gasteiger charge is -2.33. The van der Waals surface area contributed by atoms with Crippen LogP contribution in [0.25, 0.3) is 0 Å². The second kappa shape index (κ2) is 7.20. The number of phenols is 1. The summed E-state index contributed by atoms with van der Waals surface area (Å²) in [6.45, 7) is 3.60. The van der Waals surface area contributed by atoms with Gasteiger partial charge in [-0.1, -0.05) is 23.4 Å². The smallest absolute Gasteiger partial charge is 0.338 e. The Morgan fingerprint density at radius 3 is 2.88 bits per heavy atom. The summed E-state index contributed by atoms with van der Waals surface area (Å²) in [7, 11) is 1.40. The number of rotatable bonds is 4. The number of amides is 1. The van der Waals surface area contributed by atoms with Gasteiger partial charge in [-0.05, 0) is 31.5 Å². The lowest BCUT2D eigenvalue weighted by atomic mass is 9.94. The number of aromatic hydroxyl groups is 1. The van der Waals surface area contributed by atoms with Crippen LogP contribution in [-0.4, -0.2) is 46.5 Å². The predicted octanol–water partition coefficient (Wildman–Crippen LogP) is 2.88. The van der Waals surface area contributed by atoms with Crippen molar-refractivity contribution in [3.05, 3.63) is 34.0 Å². The Kier molecular flexibility index (Phi) is 5.15. The molecule has 7 nitrogen and oxygen atoms in total. The molecule has 2 aliphatic heterocycles. The Labute approximate surface area is 159 Å². The second-order valence-corrected chi connectivity index (χ2v) is 6.97. The molecule has 0 unspecified atom stereocenters. The molecule has 0 radical (unpaired) electrons. The summed E-state index contributed by atoms with van der Waals surface area (Å²) in [4.78, 5) is 30.9. The van der Waals surface area contributed by atoms with E-state index < -0.39 is 12.0 Å². The number of hydrogen-bond acceptors (Lipinski definition) is 7. The summed E-state index contributed by atoms with van der Waals surface area (Å²) in [5, 5.41) is 10.6. The number of benzene rings is 1. The zero-order valence-corrected chi connectivity index (χ0v) is 16.0. The van der Waals surface area contributed by atoms with Crippen LogP contribution in [0.15, 0.2) is 28.4 Å². The van der Waals surface area contributed by atoms with E-state index in [2.05, 4.69) is 4.99 Å². The minimum Gasteiger partial charge on any atom is -0.503 e. The van der Waals surface area contributed by atoms with Crippen molar-refractivity contribution in [1.82, 2.24) is 4.90 Å². The van der Waals surface area contributed by atoms with E-state index in [9.17, 15) is 14.7 Å². The summed E-state index contributed by atoms with van der Waals surface area (Å²) in [6.07, 6.45) is 0. The van der Waals surface area contributed by atoms with Gasteiger partial charge in [0.05, 0.1) is 41.8 Å². The van der Waals surface area contributed by atoms with Crippen LogP contribution in [0.2, 0.25) is 5.02 Å². The zero-order valence-electron chi connectivity index (χ0n) is 14.4. The molecule has 1 saturated heterocycles. The molecule has 2 heterocycles. The van der Waals surface area contributed by atoms with Crippen molar-refractivity contribution in [2.75, 3.05) is 19.5 Å². The number of esters is 1. The largest absolute Gasteiger partial charge is 0.503 e. The minimum atomic E-state index is -0.754. The second-order valence-electron chi connectivity index (χ2n) is 5.62. The maximum atomic E-state index is 12.6. The quantitative estimate of drug-likeness (QED) is 0.787. The molecule has 0 aromatic heterocycles. The third-order valence-corrected chi connectivity index (χ3v) is 5.29. The average Bonchev–Trinajstić information content (AvgIpc) is 2.96. The van der Waals surface area contributed by atoms with Crippen LogP contribution < -0.4 is 4.74 Å². The van der Waals surface area contributed by atoms with Crippen molar-refractivity contribution < 1.29 is 24.2 Å². The van der Waals surface area contributed by atoms with E-state index in [1.54, 1.807) is 19.9 Å². The third kappa shape index (κ3) is 3.03. The van der Waals surface area contributed by atoms with E-state index in [0.29, 0.717) is 16.4 Å². The van der Waals surface area contributed by atoms with E-state index in [1.165, 1.54) is 29.8 Å². The number of methoxy groups -OCH3 is 1. The molecule has 26 heavy (non-hydrogen) atoms. The van der Waals surface area contributed by atoms with Crippen molar-refractivity contribution in [3.63, 3.8) is 0 Å². The Bertz CT molecular complexity index is 852. The van der Waals surface area contributed by atoms with E-state index in [-0.39, 0.29) is 40.4 Å². The first-order valence-electron chi connectivity index (χ1n) is 7.86. The Balaban J connectivity index is 2.20. The highest BCUT2D eigenvalue weighted by Gasteiger charge is 2.43. The summed E-state index contributed by atoms with van der Waals surface area (Å²) < 4.78 is 10.3. The van der Waals surface area contributed by atoms with Crippen LogP contribution >= 0.6 is 23.4 Å². The standard InChI is InChI=1S/C17H17ClN2O5S/c1-4-25-16(23)13-8(2)19-17-20(12(21)7-26-17)14(13)9-5-10(18)15(22)11(6-9)24-3/h5-6,14,22H,4,7H2,1-3H3/t14-/m0/s1. The lowest BCUT2D eigenvalue weighted by Crippen LogP contribution is -2.39. The van der Waals surface area contributed by atoms with Crippen molar-refractivity contribution in [2.45, 2.75) is 19.9 Å². The van der Waals surface area contributed by atoms with E-state index in [0.717, 1.165) is 0 Å². The maximum Gasteiger partial charge on any atom is 0.338 e. The molecule has 138 valence electrons. The van der Waals surface area contributed by atoms with Crippen LogP contribution in [0.3, 0.4) is 0 Å². The first kappa shape index (κ1) is 18.6. The van der Waals surface area contributed by atoms with E-state index >= 15 is 0 Å². The number of ether oxygens (including phenoxy) is 2. The molecule has 9 heteroatoms. The molecule has 0 aliphatic carbocycles. The Morgan fingerprint density at radius 1 is 1.50 bits per heavy atom. The highest BCUT2D eigenvalue weighted by Crippen LogP contribution is 2.44. The zero-order chi connectivity index (χ0) is 19.0. The number of thioether (sulfide) groups is 1. The summed E-state index contributed by atoms with van der Waals surface area (Å²) in [5.41, 5.74) is 1.26. The lowest BCUT2D eigenvalue weighted by molar-refractivity contribution is -0.139. The highest BCUT2D eigenvalue weighted by atomic mass is 35.5. The molecule has 1 aromatic rings. The number of aliphatic imine (C=N–C) groups is 1. The number of allylic oxidation sites excluding steroid dienone is 1.